The van der Waals surface area contributed by atoms with Gasteiger partial charge in [-0.25, -0.2) is 0 Å². The molecular formula is C23H19NO5. The average Bonchev–Trinajstić information content (AvgIpc) is 3.12. The van der Waals surface area contributed by atoms with Crippen LogP contribution in [0.4, 0.5) is 0 Å². The average molecular weight is 389 g/mol. The third-order valence-corrected chi connectivity index (χ3v) is 5.96. The van der Waals surface area contributed by atoms with Crippen LogP contribution in [-0.2, 0) is 4.79 Å². The van der Waals surface area contributed by atoms with Gasteiger partial charge in [-0.15, -0.1) is 0 Å². The van der Waals surface area contributed by atoms with Crippen LogP contribution >= 0.6 is 0 Å². The summed E-state index contributed by atoms with van der Waals surface area (Å²) >= 11 is 0. The molecule has 6 nitrogen and oxygen atoms in total. The second-order valence-electron chi connectivity index (χ2n) is 7.46. The Balaban J connectivity index is 1.85. The van der Waals surface area contributed by atoms with Gasteiger partial charge >= 0.3 is 0 Å². The molecule has 0 aromatic heterocycles. The zero-order valence-electron chi connectivity index (χ0n) is 15.8. The van der Waals surface area contributed by atoms with Gasteiger partial charge in [0.2, 0.25) is 11.7 Å². The highest BCUT2D eigenvalue weighted by molar-refractivity contribution is 6.10. The number of nitrogens with zero attached hydrogens (tertiary/aromatic N) is 1. The first-order valence-electron chi connectivity index (χ1n) is 9.48. The van der Waals surface area contributed by atoms with Crippen molar-refractivity contribution in [3.8, 4) is 17.2 Å². The molecule has 29 heavy (non-hydrogen) atoms. The smallest absolute Gasteiger partial charge is 0.224 e. The van der Waals surface area contributed by atoms with Crippen molar-refractivity contribution in [2.45, 2.75) is 24.9 Å². The number of carbonyl (C=O) groups is 2. The summed E-state index contributed by atoms with van der Waals surface area (Å²) < 4.78 is 5.21. The molecule has 6 heteroatoms. The molecule has 2 N–H and O–H groups in total. The highest BCUT2D eigenvalue weighted by atomic mass is 16.5. The summed E-state index contributed by atoms with van der Waals surface area (Å²) in [6.07, 6.45) is 0.779. The Morgan fingerprint density at radius 1 is 1.07 bits per heavy atom. The van der Waals surface area contributed by atoms with E-state index in [-0.39, 0.29) is 28.9 Å². The predicted molar refractivity (Wildman–Crippen MR) is 106 cm³/mol. The van der Waals surface area contributed by atoms with Crippen LogP contribution in [0.3, 0.4) is 0 Å². The fourth-order valence-electron chi connectivity index (χ4n) is 4.66. The summed E-state index contributed by atoms with van der Waals surface area (Å²) in [4.78, 5) is 27.6. The topological polar surface area (TPSA) is 87.1 Å². The SMILES string of the molecule is COc1cc([C@@H]2c3c(ccc4ccccc34)C(=O)[C@H]3CCC(=O)N23)cc(O)c1O. The third kappa shape index (κ3) is 2.42. The van der Waals surface area contributed by atoms with E-state index in [0.29, 0.717) is 24.0 Å². The number of rotatable bonds is 2. The maximum absolute atomic E-state index is 13.2. The molecule has 1 amide bonds. The highest BCUT2D eigenvalue weighted by Crippen LogP contribution is 2.48. The first-order chi connectivity index (χ1) is 14.0. The van der Waals surface area contributed by atoms with Crippen molar-refractivity contribution in [2.75, 3.05) is 7.11 Å². The van der Waals surface area contributed by atoms with Crippen LogP contribution in [0.25, 0.3) is 10.8 Å². The molecule has 2 aliphatic heterocycles. The molecule has 146 valence electrons. The zero-order chi connectivity index (χ0) is 20.3. The Labute approximate surface area is 166 Å². The van der Waals surface area contributed by atoms with Gasteiger partial charge in [-0.1, -0.05) is 36.4 Å². The minimum absolute atomic E-state index is 0.0529. The molecule has 0 spiro atoms. The van der Waals surface area contributed by atoms with E-state index in [0.717, 1.165) is 16.3 Å². The van der Waals surface area contributed by atoms with Crippen LogP contribution in [0.1, 0.15) is 40.4 Å². The molecular weight excluding hydrogens is 370 g/mol. The predicted octanol–water partition coefficient (Wildman–Crippen LogP) is 3.54. The van der Waals surface area contributed by atoms with E-state index >= 15 is 0 Å². The second kappa shape index (κ2) is 6.24. The fourth-order valence-corrected chi connectivity index (χ4v) is 4.66. The largest absolute Gasteiger partial charge is 0.504 e. The van der Waals surface area contributed by atoms with Gasteiger partial charge in [0.1, 0.15) is 0 Å². The number of carbonyl (C=O) groups excluding carboxylic acids is 2. The number of hydrogen-bond donors (Lipinski definition) is 2. The van der Waals surface area contributed by atoms with Gasteiger partial charge < -0.3 is 19.8 Å². The minimum atomic E-state index is -0.561. The summed E-state index contributed by atoms with van der Waals surface area (Å²) in [5.41, 5.74) is 1.92. The monoisotopic (exact) mass is 389 g/mol. The van der Waals surface area contributed by atoms with E-state index in [2.05, 4.69) is 0 Å². The number of fused-ring (bicyclic) bond motifs is 4. The van der Waals surface area contributed by atoms with Crippen LogP contribution in [0.5, 0.6) is 17.2 Å². The van der Waals surface area contributed by atoms with Crippen LogP contribution < -0.4 is 4.74 Å². The molecule has 0 bridgehead atoms. The Morgan fingerprint density at radius 3 is 2.66 bits per heavy atom. The molecule has 2 atom stereocenters. The third-order valence-electron chi connectivity index (χ3n) is 5.96. The number of hydrogen-bond acceptors (Lipinski definition) is 5. The van der Waals surface area contributed by atoms with Gasteiger partial charge in [-0.2, -0.15) is 0 Å². The van der Waals surface area contributed by atoms with Crippen molar-refractivity contribution < 1.29 is 24.5 Å². The van der Waals surface area contributed by atoms with Crippen molar-refractivity contribution >= 4 is 22.5 Å². The standard InChI is InChI=1S/C23H19NO5/c1-29-18-11-13(10-17(25)23(18)28)21-20-14-5-3-2-4-12(14)6-7-15(20)22(27)16-8-9-19(26)24(16)21/h2-7,10-11,16,21,25,28H,8-9H2,1H3/t16-,21-/m1/s1. The number of methoxy groups -OCH3 is 1. The number of amides is 1. The lowest BCUT2D eigenvalue weighted by molar-refractivity contribution is -0.130. The number of ether oxygens (including phenoxy) is 1. The summed E-state index contributed by atoms with van der Waals surface area (Å²) in [6, 6.07) is 13.4. The minimum Gasteiger partial charge on any atom is -0.504 e. The van der Waals surface area contributed by atoms with Crippen molar-refractivity contribution in [3.63, 3.8) is 0 Å². The van der Waals surface area contributed by atoms with E-state index in [1.54, 1.807) is 11.0 Å². The molecule has 1 fully saturated rings. The number of Topliss-reactive ketones (excluding diaryl/α,β-unsaturated/α-hetero) is 1. The first-order valence-corrected chi connectivity index (χ1v) is 9.48. The maximum atomic E-state index is 13.2. The highest BCUT2D eigenvalue weighted by Gasteiger charge is 2.47. The Bertz CT molecular complexity index is 1190. The van der Waals surface area contributed by atoms with E-state index in [1.165, 1.54) is 13.2 Å². The first kappa shape index (κ1) is 17.6. The lowest BCUT2D eigenvalue weighted by Crippen LogP contribution is -2.46. The number of aromatic hydroxyl groups is 2. The van der Waals surface area contributed by atoms with Gasteiger partial charge in [0.05, 0.1) is 19.2 Å². The Hall–Kier alpha value is -3.54. The molecule has 3 aromatic carbocycles. The van der Waals surface area contributed by atoms with Gasteiger partial charge in [-0.3, -0.25) is 9.59 Å². The molecule has 5 rings (SSSR count). The summed E-state index contributed by atoms with van der Waals surface area (Å²) in [7, 11) is 1.40. The maximum Gasteiger partial charge on any atom is 0.224 e. The normalized spacial score (nSPS) is 20.7. The quantitative estimate of drug-likeness (QED) is 0.655. The number of phenolic OH excluding ortho intramolecular Hbond substituents is 2. The Morgan fingerprint density at radius 2 is 1.86 bits per heavy atom. The zero-order valence-corrected chi connectivity index (χ0v) is 15.8. The van der Waals surface area contributed by atoms with Crippen molar-refractivity contribution in [2.24, 2.45) is 0 Å². The summed E-state index contributed by atoms with van der Waals surface area (Å²) in [5, 5.41) is 22.2. The lowest BCUT2D eigenvalue weighted by Gasteiger charge is -2.39. The molecule has 0 saturated carbocycles. The number of ketones is 1. The summed E-state index contributed by atoms with van der Waals surface area (Å²) in [6.45, 7) is 0. The fraction of sp³-hybridized carbons (Fsp3) is 0.217. The molecule has 0 unspecified atom stereocenters. The van der Waals surface area contributed by atoms with E-state index in [4.69, 9.17) is 4.74 Å². The van der Waals surface area contributed by atoms with Gasteiger partial charge in [0.15, 0.2) is 17.3 Å². The van der Waals surface area contributed by atoms with Crippen molar-refractivity contribution in [3.05, 3.63) is 65.2 Å². The van der Waals surface area contributed by atoms with E-state index in [1.807, 2.05) is 36.4 Å². The second-order valence-corrected chi connectivity index (χ2v) is 7.46. The molecule has 2 heterocycles. The molecule has 0 aliphatic carbocycles. The van der Waals surface area contributed by atoms with E-state index in [9.17, 15) is 19.8 Å². The number of benzene rings is 3. The van der Waals surface area contributed by atoms with Gasteiger partial charge in [0, 0.05) is 12.0 Å². The van der Waals surface area contributed by atoms with Crippen LogP contribution in [0.15, 0.2) is 48.5 Å². The van der Waals surface area contributed by atoms with Crippen molar-refractivity contribution in [1.29, 1.82) is 0 Å². The van der Waals surface area contributed by atoms with Crippen LogP contribution in [0.2, 0.25) is 0 Å². The van der Waals surface area contributed by atoms with Crippen LogP contribution in [-0.4, -0.2) is 40.0 Å². The molecule has 0 radical (unpaired) electrons. The molecule has 3 aromatic rings. The lowest BCUT2D eigenvalue weighted by atomic mass is 9.81. The van der Waals surface area contributed by atoms with Gasteiger partial charge in [0.25, 0.3) is 0 Å². The van der Waals surface area contributed by atoms with E-state index < -0.39 is 12.1 Å². The molecule has 1 saturated heterocycles. The Kier molecular flexibility index (Phi) is 3.77. The summed E-state index contributed by atoms with van der Waals surface area (Å²) in [5.74, 6) is -0.727. The van der Waals surface area contributed by atoms with Gasteiger partial charge in [-0.05, 0) is 40.5 Å². The molecule has 2 aliphatic rings. The van der Waals surface area contributed by atoms with Crippen molar-refractivity contribution in [1.82, 2.24) is 4.90 Å². The van der Waals surface area contributed by atoms with Crippen LogP contribution in [0, 0.1) is 0 Å². The number of phenols is 2.